The molecule has 2 N–H and O–H groups in total. The molecule has 0 aromatic rings. The summed E-state index contributed by atoms with van der Waals surface area (Å²) in [6.07, 6.45) is 3.55. The zero-order valence-electron chi connectivity index (χ0n) is 18.1. The molecule has 1 saturated heterocycles. The molecule has 2 amide bonds. The van der Waals surface area contributed by atoms with Crippen LogP contribution in [-0.4, -0.2) is 73.9 Å². The van der Waals surface area contributed by atoms with Crippen molar-refractivity contribution in [1.29, 1.82) is 0 Å². The van der Waals surface area contributed by atoms with Crippen molar-refractivity contribution in [3.05, 3.63) is 12.2 Å². The van der Waals surface area contributed by atoms with Crippen LogP contribution in [0.15, 0.2) is 17.1 Å². The predicted molar refractivity (Wildman–Crippen MR) is 126 cm³/mol. The molecule has 0 spiro atoms. The maximum absolute atomic E-state index is 12.5. The van der Waals surface area contributed by atoms with Gasteiger partial charge < -0.3 is 20.4 Å². The van der Waals surface area contributed by atoms with E-state index in [1.807, 2.05) is 11.8 Å². The Hall–Kier alpha value is -1.32. The van der Waals surface area contributed by atoms with Gasteiger partial charge in [-0.1, -0.05) is 26.0 Å². The molecule has 0 atom stereocenters. The van der Waals surface area contributed by atoms with Crippen LogP contribution in [-0.2, 0) is 9.59 Å². The summed E-state index contributed by atoms with van der Waals surface area (Å²) < 4.78 is 0. The average Bonchev–Trinajstić information content (AvgIpc) is 2.64. The molecule has 8 heteroatoms. The number of guanidine groups is 1. The number of nitrogens with zero attached hydrogens (tertiary/aromatic N) is 3. The third-order valence-corrected chi connectivity index (χ3v) is 4.91. The van der Waals surface area contributed by atoms with E-state index in [0.717, 1.165) is 44.3 Å². The van der Waals surface area contributed by atoms with E-state index >= 15 is 0 Å². The van der Waals surface area contributed by atoms with Crippen LogP contribution in [0.25, 0.3) is 0 Å². The number of likely N-dealkylation sites (tertiary alicyclic amines) is 1. The molecule has 0 radical (unpaired) electrons. The van der Waals surface area contributed by atoms with Crippen molar-refractivity contribution in [2.75, 3.05) is 40.3 Å². The Balaban J connectivity index is 0.00000729. The minimum atomic E-state index is -0.0444. The Morgan fingerprint density at radius 1 is 1.21 bits per heavy atom. The van der Waals surface area contributed by atoms with E-state index in [0.29, 0.717) is 12.5 Å². The van der Waals surface area contributed by atoms with E-state index in [4.69, 9.17) is 0 Å². The summed E-state index contributed by atoms with van der Waals surface area (Å²) in [7, 11) is 3.44. The van der Waals surface area contributed by atoms with Crippen LogP contribution in [0.5, 0.6) is 0 Å². The fraction of sp³-hybridized carbons (Fsp3) is 0.750. The molecular weight excluding hydrogens is 469 g/mol. The standard InChI is InChI=1S/C20H37N5O2.HI/c1-7-16(8-2)19(27)25-11-9-17(10-12-25)23-20(21-13-15(3)4)22-14-18(26)24(5)6;/h16-17H,3,7-14H2,1-2,4-6H3,(H2,21,22,23);1H. The van der Waals surface area contributed by atoms with Crippen molar-refractivity contribution < 1.29 is 9.59 Å². The zero-order chi connectivity index (χ0) is 20.4. The number of carbonyl (C=O) groups is 2. The lowest BCUT2D eigenvalue weighted by Crippen LogP contribution is -2.51. The molecule has 1 aliphatic heterocycles. The number of rotatable bonds is 8. The zero-order valence-corrected chi connectivity index (χ0v) is 20.4. The van der Waals surface area contributed by atoms with Crippen LogP contribution < -0.4 is 10.6 Å². The Kier molecular flexibility index (Phi) is 13.1. The van der Waals surface area contributed by atoms with E-state index in [1.165, 1.54) is 4.90 Å². The van der Waals surface area contributed by atoms with Gasteiger partial charge in [0, 0.05) is 45.7 Å². The van der Waals surface area contributed by atoms with Gasteiger partial charge in [-0.25, -0.2) is 4.99 Å². The third-order valence-electron chi connectivity index (χ3n) is 4.91. The number of halogens is 1. The molecule has 0 unspecified atom stereocenters. The van der Waals surface area contributed by atoms with Gasteiger partial charge in [0.05, 0.1) is 0 Å². The summed E-state index contributed by atoms with van der Waals surface area (Å²) in [6.45, 7) is 12.2. The molecule has 0 saturated carbocycles. The van der Waals surface area contributed by atoms with Crippen molar-refractivity contribution in [3.8, 4) is 0 Å². The molecular formula is C20H38IN5O2. The van der Waals surface area contributed by atoms with Gasteiger partial charge in [0.1, 0.15) is 6.54 Å². The number of carbonyl (C=O) groups excluding carboxylic acids is 2. The number of nitrogens with one attached hydrogen (secondary N) is 2. The topological polar surface area (TPSA) is 77.0 Å². The summed E-state index contributed by atoms with van der Waals surface area (Å²) in [4.78, 5) is 32.3. The van der Waals surface area contributed by atoms with Gasteiger partial charge in [-0.15, -0.1) is 24.0 Å². The second-order valence-electron chi connectivity index (χ2n) is 7.52. The molecule has 162 valence electrons. The Labute approximate surface area is 187 Å². The van der Waals surface area contributed by atoms with Crippen molar-refractivity contribution in [3.63, 3.8) is 0 Å². The molecule has 7 nitrogen and oxygen atoms in total. The second kappa shape index (κ2) is 13.8. The van der Waals surface area contributed by atoms with Crippen LogP contribution in [0.1, 0.15) is 46.5 Å². The first-order chi connectivity index (χ1) is 12.8. The van der Waals surface area contributed by atoms with Gasteiger partial charge in [0.25, 0.3) is 0 Å². The molecule has 0 aliphatic carbocycles. The number of hydrogen-bond acceptors (Lipinski definition) is 3. The van der Waals surface area contributed by atoms with Gasteiger partial charge in [0.2, 0.25) is 11.8 Å². The molecule has 1 heterocycles. The lowest BCUT2D eigenvalue weighted by atomic mass is 9.98. The second-order valence-corrected chi connectivity index (χ2v) is 7.52. The first-order valence-corrected chi connectivity index (χ1v) is 9.96. The molecule has 1 rings (SSSR count). The van der Waals surface area contributed by atoms with E-state index in [1.54, 1.807) is 14.1 Å². The summed E-state index contributed by atoms with van der Waals surface area (Å²) in [5, 5.41) is 6.63. The highest BCUT2D eigenvalue weighted by atomic mass is 127. The smallest absolute Gasteiger partial charge is 0.243 e. The van der Waals surface area contributed by atoms with E-state index < -0.39 is 0 Å². The average molecular weight is 507 g/mol. The molecule has 1 fully saturated rings. The fourth-order valence-electron chi connectivity index (χ4n) is 3.01. The Morgan fingerprint density at radius 3 is 2.25 bits per heavy atom. The van der Waals surface area contributed by atoms with Gasteiger partial charge in [-0.05, 0) is 32.6 Å². The minimum absolute atomic E-state index is 0. The van der Waals surface area contributed by atoms with Crippen molar-refractivity contribution in [1.82, 2.24) is 20.4 Å². The maximum atomic E-state index is 12.5. The summed E-state index contributed by atoms with van der Waals surface area (Å²) in [5.74, 6) is 1.00. The summed E-state index contributed by atoms with van der Waals surface area (Å²) >= 11 is 0. The van der Waals surface area contributed by atoms with Crippen LogP contribution in [0, 0.1) is 5.92 Å². The maximum Gasteiger partial charge on any atom is 0.243 e. The number of aliphatic imine (C=N–C) groups is 1. The first-order valence-electron chi connectivity index (χ1n) is 9.96. The summed E-state index contributed by atoms with van der Waals surface area (Å²) in [5.41, 5.74) is 0.994. The van der Waals surface area contributed by atoms with Crippen LogP contribution in [0.2, 0.25) is 0 Å². The number of likely N-dealkylation sites (N-methyl/N-ethyl adjacent to an activating group) is 1. The largest absolute Gasteiger partial charge is 0.354 e. The summed E-state index contributed by atoms with van der Waals surface area (Å²) in [6, 6.07) is 0.238. The first kappa shape index (κ1) is 26.7. The molecule has 1 aliphatic rings. The van der Waals surface area contributed by atoms with Crippen LogP contribution in [0.4, 0.5) is 0 Å². The quantitative estimate of drug-likeness (QED) is 0.229. The van der Waals surface area contributed by atoms with Crippen LogP contribution >= 0.6 is 24.0 Å². The highest BCUT2D eigenvalue weighted by molar-refractivity contribution is 14.0. The lowest BCUT2D eigenvalue weighted by Gasteiger charge is -2.35. The number of piperidine rings is 1. The van der Waals surface area contributed by atoms with E-state index in [2.05, 4.69) is 36.1 Å². The third kappa shape index (κ3) is 9.25. The molecule has 28 heavy (non-hydrogen) atoms. The minimum Gasteiger partial charge on any atom is -0.354 e. The molecule has 0 aromatic heterocycles. The normalized spacial score (nSPS) is 15.1. The van der Waals surface area contributed by atoms with Gasteiger partial charge in [0.15, 0.2) is 5.96 Å². The Morgan fingerprint density at radius 2 is 1.79 bits per heavy atom. The molecule has 0 bridgehead atoms. The SMILES string of the molecule is C=C(C)CNC(=NCC(=O)N(C)C)NC1CCN(C(=O)C(CC)CC)CC1.I. The van der Waals surface area contributed by atoms with Crippen molar-refractivity contribution in [2.24, 2.45) is 10.9 Å². The van der Waals surface area contributed by atoms with Gasteiger partial charge in [-0.2, -0.15) is 0 Å². The predicted octanol–water partition coefficient (Wildman–Crippen LogP) is 2.23. The monoisotopic (exact) mass is 507 g/mol. The van der Waals surface area contributed by atoms with Crippen molar-refractivity contribution in [2.45, 2.75) is 52.5 Å². The number of amides is 2. The van der Waals surface area contributed by atoms with Crippen LogP contribution in [0.3, 0.4) is 0 Å². The highest BCUT2D eigenvalue weighted by Crippen LogP contribution is 2.17. The number of hydrogen-bond donors (Lipinski definition) is 2. The van der Waals surface area contributed by atoms with Gasteiger partial charge in [-0.3, -0.25) is 9.59 Å². The van der Waals surface area contributed by atoms with Crippen molar-refractivity contribution >= 4 is 41.8 Å². The fourth-order valence-corrected chi connectivity index (χ4v) is 3.01. The van der Waals surface area contributed by atoms with E-state index in [9.17, 15) is 9.59 Å². The molecule has 0 aromatic carbocycles. The highest BCUT2D eigenvalue weighted by Gasteiger charge is 2.26. The van der Waals surface area contributed by atoms with E-state index in [-0.39, 0.29) is 54.3 Å². The Bertz CT molecular complexity index is 539. The lowest BCUT2D eigenvalue weighted by molar-refractivity contribution is -0.136. The van der Waals surface area contributed by atoms with Gasteiger partial charge >= 0.3 is 0 Å².